The molecular formula is C6H10BrN3O2S. The maximum Gasteiger partial charge on any atom is 0.242 e. The molecule has 1 rings (SSSR count). The smallest absolute Gasteiger partial charge is 0.242 e. The molecule has 0 saturated heterocycles. The Labute approximate surface area is 85.1 Å². The summed E-state index contributed by atoms with van der Waals surface area (Å²) in [4.78, 5) is 0.0642. The van der Waals surface area contributed by atoms with Gasteiger partial charge >= 0.3 is 0 Å². The van der Waals surface area contributed by atoms with Crippen LogP contribution < -0.4 is 5.14 Å². The highest BCUT2D eigenvalue weighted by atomic mass is 79.9. The fourth-order valence-corrected chi connectivity index (χ4v) is 3.07. The Morgan fingerprint density at radius 1 is 1.62 bits per heavy atom. The average Bonchev–Trinajstić information content (AvgIpc) is 2.24. The molecule has 0 aliphatic heterocycles. The number of nitrogens with two attached hydrogens (primary N) is 1. The summed E-state index contributed by atoms with van der Waals surface area (Å²) in [6.45, 7) is 4.15. The summed E-state index contributed by atoms with van der Waals surface area (Å²) in [6, 6.07) is 0. The fourth-order valence-electron chi connectivity index (χ4n) is 1.12. The lowest BCUT2D eigenvalue weighted by atomic mass is 10.5. The van der Waals surface area contributed by atoms with E-state index in [4.69, 9.17) is 5.14 Å². The molecule has 0 aliphatic rings. The lowest BCUT2D eigenvalue weighted by Gasteiger charge is -1.99. The summed E-state index contributed by atoms with van der Waals surface area (Å²) in [5.74, 6) is 0. The molecule has 0 amide bonds. The van der Waals surface area contributed by atoms with Crippen molar-refractivity contribution >= 4 is 26.0 Å². The van der Waals surface area contributed by atoms with Crippen molar-refractivity contribution in [3.05, 3.63) is 10.3 Å². The first-order chi connectivity index (χ1) is 5.88. The van der Waals surface area contributed by atoms with Crippen molar-refractivity contribution in [3.63, 3.8) is 0 Å². The molecule has 74 valence electrons. The predicted molar refractivity (Wildman–Crippen MR) is 51.7 cm³/mol. The second kappa shape index (κ2) is 3.39. The minimum atomic E-state index is -3.68. The van der Waals surface area contributed by atoms with Gasteiger partial charge in [0.2, 0.25) is 10.0 Å². The van der Waals surface area contributed by atoms with E-state index in [2.05, 4.69) is 21.0 Å². The Kier molecular flexibility index (Phi) is 2.79. The quantitative estimate of drug-likeness (QED) is 0.854. The maximum atomic E-state index is 11.1. The van der Waals surface area contributed by atoms with Crippen molar-refractivity contribution in [2.45, 2.75) is 25.3 Å². The van der Waals surface area contributed by atoms with Crippen LogP contribution in [0.25, 0.3) is 0 Å². The van der Waals surface area contributed by atoms with E-state index in [1.807, 2.05) is 6.92 Å². The van der Waals surface area contributed by atoms with E-state index < -0.39 is 10.0 Å². The molecular weight excluding hydrogens is 258 g/mol. The highest BCUT2D eigenvalue weighted by molar-refractivity contribution is 9.10. The molecule has 0 aromatic carbocycles. The molecule has 0 bridgehead atoms. The summed E-state index contributed by atoms with van der Waals surface area (Å²) < 4.78 is 24.0. The van der Waals surface area contributed by atoms with Crippen LogP contribution in [0.15, 0.2) is 9.50 Å². The van der Waals surface area contributed by atoms with Crippen LogP contribution in [0.4, 0.5) is 0 Å². The third-order valence-electron chi connectivity index (χ3n) is 1.70. The summed E-state index contributed by atoms with van der Waals surface area (Å²) >= 11 is 3.05. The van der Waals surface area contributed by atoms with Crippen molar-refractivity contribution in [1.82, 2.24) is 9.78 Å². The third kappa shape index (κ3) is 1.92. The summed E-state index contributed by atoms with van der Waals surface area (Å²) in [5.41, 5.74) is 0.553. The minimum absolute atomic E-state index is 0.0642. The van der Waals surface area contributed by atoms with Gasteiger partial charge in [0.25, 0.3) is 0 Å². The SMILES string of the molecule is CCn1nc(Br)c(S(N)(=O)=O)c1C. The van der Waals surface area contributed by atoms with Crippen molar-refractivity contribution in [2.75, 3.05) is 0 Å². The van der Waals surface area contributed by atoms with Crippen LogP contribution in [-0.2, 0) is 16.6 Å². The molecule has 1 aromatic rings. The van der Waals surface area contributed by atoms with Gasteiger partial charge in [0.15, 0.2) is 0 Å². The Balaban J connectivity index is 3.47. The van der Waals surface area contributed by atoms with Gasteiger partial charge < -0.3 is 0 Å². The average molecular weight is 268 g/mol. The van der Waals surface area contributed by atoms with Gasteiger partial charge in [-0.15, -0.1) is 0 Å². The Morgan fingerprint density at radius 3 is 2.38 bits per heavy atom. The predicted octanol–water partition coefficient (Wildman–Crippen LogP) is 0.621. The number of nitrogens with zero attached hydrogens (tertiary/aromatic N) is 2. The van der Waals surface area contributed by atoms with Crippen molar-refractivity contribution in [2.24, 2.45) is 5.14 Å². The Morgan fingerprint density at radius 2 is 2.15 bits per heavy atom. The first-order valence-electron chi connectivity index (χ1n) is 3.63. The van der Waals surface area contributed by atoms with E-state index >= 15 is 0 Å². The normalized spacial score (nSPS) is 12.0. The highest BCUT2D eigenvalue weighted by Gasteiger charge is 2.21. The second-order valence-electron chi connectivity index (χ2n) is 2.57. The molecule has 1 aromatic heterocycles. The van der Waals surface area contributed by atoms with E-state index in [-0.39, 0.29) is 9.50 Å². The van der Waals surface area contributed by atoms with Gasteiger partial charge in [-0.25, -0.2) is 13.6 Å². The Hall–Kier alpha value is -0.400. The second-order valence-corrected chi connectivity index (χ2v) is 4.82. The number of hydrogen-bond donors (Lipinski definition) is 1. The van der Waals surface area contributed by atoms with E-state index in [9.17, 15) is 8.42 Å². The summed E-state index contributed by atoms with van der Waals surface area (Å²) in [5, 5.41) is 8.98. The molecule has 0 saturated carbocycles. The van der Waals surface area contributed by atoms with Gasteiger partial charge in [0, 0.05) is 6.54 Å². The number of rotatable bonds is 2. The lowest BCUT2D eigenvalue weighted by molar-refractivity contribution is 0.595. The number of aryl methyl sites for hydroxylation is 1. The molecule has 0 spiro atoms. The summed E-state index contributed by atoms with van der Waals surface area (Å²) in [7, 11) is -3.68. The summed E-state index contributed by atoms with van der Waals surface area (Å²) in [6.07, 6.45) is 0. The zero-order valence-corrected chi connectivity index (χ0v) is 9.68. The van der Waals surface area contributed by atoms with Crippen LogP contribution in [0.1, 0.15) is 12.6 Å². The number of hydrogen-bond acceptors (Lipinski definition) is 3. The van der Waals surface area contributed by atoms with Crippen LogP contribution in [0.3, 0.4) is 0 Å². The van der Waals surface area contributed by atoms with Crippen LogP contribution in [-0.4, -0.2) is 18.2 Å². The molecule has 0 aliphatic carbocycles. The first kappa shape index (κ1) is 10.7. The van der Waals surface area contributed by atoms with E-state index in [1.165, 1.54) is 0 Å². The molecule has 0 atom stereocenters. The third-order valence-corrected chi connectivity index (χ3v) is 3.57. The van der Waals surface area contributed by atoms with Crippen LogP contribution in [0.2, 0.25) is 0 Å². The van der Waals surface area contributed by atoms with Gasteiger partial charge in [0.1, 0.15) is 9.50 Å². The van der Waals surface area contributed by atoms with Crippen molar-refractivity contribution in [3.8, 4) is 0 Å². The van der Waals surface area contributed by atoms with Gasteiger partial charge in [0.05, 0.1) is 5.69 Å². The molecule has 7 heteroatoms. The molecule has 5 nitrogen and oxygen atoms in total. The van der Waals surface area contributed by atoms with Gasteiger partial charge in [-0.2, -0.15) is 5.10 Å². The monoisotopic (exact) mass is 267 g/mol. The topological polar surface area (TPSA) is 78.0 Å². The molecule has 0 radical (unpaired) electrons. The van der Waals surface area contributed by atoms with E-state index in [1.54, 1.807) is 11.6 Å². The van der Waals surface area contributed by atoms with E-state index in [0.717, 1.165) is 0 Å². The standard InChI is InChI=1S/C6H10BrN3O2S/c1-3-10-4(2)5(6(7)9-10)13(8,11)12/h3H2,1-2H3,(H2,8,11,12). The van der Waals surface area contributed by atoms with Crippen molar-refractivity contribution < 1.29 is 8.42 Å². The Bertz CT molecular complexity index is 423. The van der Waals surface area contributed by atoms with Crippen molar-refractivity contribution in [1.29, 1.82) is 0 Å². The molecule has 2 N–H and O–H groups in total. The van der Waals surface area contributed by atoms with Crippen LogP contribution >= 0.6 is 15.9 Å². The zero-order valence-electron chi connectivity index (χ0n) is 7.28. The van der Waals surface area contributed by atoms with Gasteiger partial charge in [-0.1, -0.05) is 0 Å². The van der Waals surface area contributed by atoms with E-state index in [0.29, 0.717) is 12.2 Å². The largest absolute Gasteiger partial charge is 0.268 e. The van der Waals surface area contributed by atoms with Gasteiger partial charge in [-0.3, -0.25) is 4.68 Å². The minimum Gasteiger partial charge on any atom is -0.268 e. The van der Waals surface area contributed by atoms with Gasteiger partial charge in [-0.05, 0) is 29.8 Å². The maximum absolute atomic E-state index is 11.1. The number of aromatic nitrogens is 2. The lowest BCUT2D eigenvalue weighted by Crippen LogP contribution is -2.13. The first-order valence-corrected chi connectivity index (χ1v) is 5.97. The highest BCUT2D eigenvalue weighted by Crippen LogP contribution is 2.22. The molecule has 1 heterocycles. The zero-order chi connectivity index (χ0) is 10.2. The number of halogens is 1. The molecule has 0 unspecified atom stereocenters. The van der Waals surface area contributed by atoms with Crippen LogP contribution in [0.5, 0.6) is 0 Å². The molecule has 13 heavy (non-hydrogen) atoms. The fraction of sp³-hybridized carbons (Fsp3) is 0.500. The number of sulfonamides is 1. The van der Waals surface area contributed by atoms with Crippen LogP contribution in [0, 0.1) is 6.92 Å². The molecule has 0 fully saturated rings. The number of primary sulfonamides is 1.